The quantitative estimate of drug-likeness (QED) is 0.456. The third-order valence-electron chi connectivity index (χ3n) is 5.03. The molecule has 0 bridgehead atoms. The molecule has 0 radical (unpaired) electrons. The van der Waals surface area contributed by atoms with E-state index in [1.165, 1.54) is 11.1 Å². The van der Waals surface area contributed by atoms with Crippen molar-refractivity contribution >= 4 is 16.7 Å². The first-order chi connectivity index (χ1) is 14.1. The summed E-state index contributed by atoms with van der Waals surface area (Å²) in [6, 6.07) is 9.76. The predicted molar refractivity (Wildman–Crippen MR) is 108 cm³/mol. The molecule has 0 spiro atoms. The molecule has 5 rings (SSSR count). The van der Waals surface area contributed by atoms with E-state index in [2.05, 4.69) is 46.1 Å². The Hall–Kier alpha value is -3.68. The van der Waals surface area contributed by atoms with Gasteiger partial charge in [0.1, 0.15) is 18.2 Å². The van der Waals surface area contributed by atoms with Crippen LogP contribution < -0.4 is 4.74 Å². The molecule has 8 nitrogen and oxygen atoms in total. The Balaban J connectivity index is 1.44. The van der Waals surface area contributed by atoms with E-state index in [0.717, 1.165) is 22.6 Å². The van der Waals surface area contributed by atoms with Crippen molar-refractivity contribution in [2.45, 2.75) is 27.3 Å². The monoisotopic (exact) mass is 388 g/mol. The molecule has 0 aliphatic heterocycles. The molecule has 8 heteroatoms. The van der Waals surface area contributed by atoms with Gasteiger partial charge >= 0.3 is 0 Å². The first-order valence-electron chi connectivity index (χ1n) is 9.43. The number of furan rings is 1. The van der Waals surface area contributed by atoms with Crippen LogP contribution in [0.15, 0.2) is 47.2 Å². The standard InChI is InChI=1S/C21H20N6O2/c1-13-6-7-16(11-14(13)2)28-10-8-26-20-17(12-22-26)21-24-19(18-5-4-9-29-18)25-27(21)15(3)23-20/h4-7,9,11-12H,8,10H2,1-3H3. The lowest BCUT2D eigenvalue weighted by atomic mass is 10.1. The SMILES string of the molecule is Cc1ccc(OCCn2ncc3c2nc(C)n2nc(-c4ccco4)nc32)cc1C. The Labute approximate surface area is 166 Å². The van der Waals surface area contributed by atoms with Gasteiger partial charge in [-0.25, -0.2) is 14.6 Å². The van der Waals surface area contributed by atoms with E-state index in [4.69, 9.17) is 9.15 Å². The maximum atomic E-state index is 5.90. The Morgan fingerprint density at radius 1 is 1.03 bits per heavy atom. The highest BCUT2D eigenvalue weighted by molar-refractivity contribution is 5.89. The van der Waals surface area contributed by atoms with E-state index < -0.39 is 0 Å². The van der Waals surface area contributed by atoms with Crippen LogP contribution in [0.25, 0.3) is 28.3 Å². The van der Waals surface area contributed by atoms with Gasteiger partial charge in [-0.3, -0.25) is 0 Å². The van der Waals surface area contributed by atoms with Gasteiger partial charge in [-0.2, -0.15) is 9.61 Å². The van der Waals surface area contributed by atoms with Gasteiger partial charge in [0.05, 0.1) is 24.4 Å². The highest BCUT2D eigenvalue weighted by Gasteiger charge is 2.17. The van der Waals surface area contributed by atoms with Crippen molar-refractivity contribution in [2.24, 2.45) is 0 Å². The maximum Gasteiger partial charge on any atom is 0.217 e. The number of benzene rings is 1. The number of nitrogens with zero attached hydrogens (tertiary/aromatic N) is 6. The fraction of sp³-hybridized carbons (Fsp3) is 0.238. The average Bonchev–Trinajstić information content (AvgIpc) is 3.44. The van der Waals surface area contributed by atoms with Gasteiger partial charge in [0.15, 0.2) is 17.1 Å². The molecule has 4 heterocycles. The number of hydrogen-bond donors (Lipinski definition) is 0. The van der Waals surface area contributed by atoms with Crippen molar-refractivity contribution in [1.29, 1.82) is 0 Å². The number of aromatic nitrogens is 6. The first kappa shape index (κ1) is 17.4. The maximum absolute atomic E-state index is 5.90. The zero-order valence-corrected chi connectivity index (χ0v) is 16.5. The summed E-state index contributed by atoms with van der Waals surface area (Å²) in [4.78, 5) is 9.32. The van der Waals surface area contributed by atoms with Gasteiger partial charge in [-0.15, -0.1) is 5.10 Å². The lowest BCUT2D eigenvalue weighted by Gasteiger charge is -2.09. The third kappa shape index (κ3) is 3.02. The topological polar surface area (TPSA) is 83.3 Å². The summed E-state index contributed by atoms with van der Waals surface area (Å²) in [5.74, 6) is 2.74. The molecule has 0 aliphatic carbocycles. The van der Waals surface area contributed by atoms with Crippen LogP contribution in [0.3, 0.4) is 0 Å². The van der Waals surface area contributed by atoms with Gasteiger partial charge in [-0.05, 0) is 56.2 Å². The summed E-state index contributed by atoms with van der Waals surface area (Å²) in [5, 5.41) is 9.85. The second-order valence-electron chi connectivity index (χ2n) is 7.01. The van der Waals surface area contributed by atoms with Crippen LogP contribution in [0.5, 0.6) is 5.75 Å². The second-order valence-corrected chi connectivity index (χ2v) is 7.01. The van der Waals surface area contributed by atoms with Gasteiger partial charge in [0.2, 0.25) is 5.82 Å². The summed E-state index contributed by atoms with van der Waals surface area (Å²) in [6.45, 7) is 7.14. The van der Waals surface area contributed by atoms with Gasteiger partial charge in [-0.1, -0.05) is 6.07 Å². The zero-order valence-electron chi connectivity index (χ0n) is 16.5. The van der Waals surface area contributed by atoms with Gasteiger partial charge in [0, 0.05) is 0 Å². The summed E-state index contributed by atoms with van der Waals surface area (Å²) in [7, 11) is 0. The van der Waals surface area contributed by atoms with E-state index >= 15 is 0 Å². The molecule has 0 aliphatic rings. The fourth-order valence-electron chi connectivity index (χ4n) is 3.29. The molecule has 0 saturated heterocycles. The summed E-state index contributed by atoms with van der Waals surface area (Å²) in [6.07, 6.45) is 3.38. The minimum atomic E-state index is 0.496. The molecule has 0 fully saturated rings. The van der Waals surface area contributed by atoms with Crippen LogP contribution in [0, 0.1) is 20.8 Å². The molecule has 1 aromatic carbocycles. The third-order valence-corrected chi connectivity index (χ3v) is 5.03. The molecular formula is C21H20N6O2. The second kappa shape index (κ2) is 6.73. The van der Waals surface area contributed by atoms with E-state index in [9.17, 15) is 0 Å². The smallest absolute Gasteiger partial charge is 0.217 e. The van der Waals surface area contributed by atoms with Crippen LogP contribution in [0.1, 0.15) is 17.0 Å². The molecule has 146 valence electrons. The van der Waals surface area contributed by atoms with Gasteiger partial charge in [0.25, 0.3) is 0 Å². The molecule has 4 aromatic heterocycles. The Morgan fingerprint density at radius 2 is 1.93 bits per heavy atom. The highest BCUT2D eigenvalue weighted by atomic mass is 16.5. The van der Waals surface area contributed by atoms with E-state index in [0.29, 0.717) is 30.4 Å². The molecule has 0 atom stereocenters. The molecule has 0 saturated carbocycles. The minimum Gasteiger partial charge on any atom is -0.492 e. The Kier molecular flexibility index (Phi) is 4.04. The number of aryl methyl sites for hydroxylation is 3. The van der Waals surface area contributed by atoms with Crippen LogP contribution in [-0.2, 0) is 6.54 Å². The van der Waals surface area contributed by atoms with Crippen LogP contribution in [0.2, 0.25) is 0 Å². The summed E-state index contributed by atoms with van der Waals surface area (Å²) in [5.41, 5.74) is 3.93. The van der Waals surface area contributed by atoms with Crippen molar-refractivity contribution in [2.75, 3.05) is 6.61 Å². The molecule has 0 amide bonds. The minimum absolute atomic E-state index is 0.496. The Morgan fingerprint density at radius 3 is 2.72 bits per heavy atom. The van der Waals surface area contributed by atoms with E-state index in [-0.39, 0.29) is 0 Å². The number of ether oxygens (including phenoxy) is 1. The van der Waals surface area contributed by atoms with E-state index in [1.54, 1.807) is 17.0 Å². The van der Waals surface area contributed by atoms with Crippen LogP contribution in [0.4, 0.5) is 0 Å². The fourth-order valence-corrected chi connectivity index (χ4v) is 3.29. The van der Waals surface area contributed by atoms with E-state index in [1.807, 2.05) is 29.8 Å². The summed E-state index contributed by atoms with van der Waals surface area (Å²) < 4.78 is 14.9. The molecule has 0 N–H and O–H groups in total. The van der Waals surface area contributed by atoms with Crippen molar-refractivity contribution in [3.05, 3.63) is 59.7 Å². The zero-order chi connectivity index (χ0) is 20.0. The van der Waals surface area contributed by atoms with Crippen molar-refractivity contribution in [3.63, 3.8) is 0 Å². The molecular weight excluding hydrogens is 368 g/mol. The number of hydrogen-bond acceptors (Lipinski definition) is 6. The van der Waals surface area contributed by atoms with Crippen molar-refractivity contribution in [1.82, 2.24) is 29.4 Å². The van der Waals surface area contributed by atoms with Gasteiger partial charge < -0.3 is 9.15 Å². The lowest BCUT2D eigenvalue weighted by Crippen LogP contribution is -2.11. The Bertz CT molecular complexity index is 1320. The normalized spacial score (nSPS) is 11.6. The average molecular weight is 388 g/mol. The predicted octanol–water partition coefficient (Wildman–Crippen LogP) is 3.74. The highest BCUT2D eigenvalue weighted by Crippen LogP contribution is 2.23. The molecule has 5 aromatic rings. The lowest BCUT2D eigenvalue weighted by molar-refractivity contribution is 0.293. The van der Waals surface area contributed by atoms with Crippen molar-refractivity contribution < 1.29 is 9.15 Å². The number of rotatable bonds is 5. The molecule has 29 heavy (non-hydrogen) atoms. The molecule has 0 unspecified atom stereocenters. The van der Waals surface area contributed by atoms with Crippen LogP contribution >= 0.6 is 0 Å². The number of fused-ring (bicyclic) bond motifs is 3. The largest absolute Gasteiger partial charge is 0.492 e. The van der Waals surface area contributed by atoms with Crippen LogP contribution in [-0.4, -0.2) is 36.0 Å². The summed E-state index contributed by atoms with van der Waals surface area (Å²) >= 11 is 0. The first-order valence-corrected chi connectivity index (χ1v) is 9.43. The van der Waals surface area contributed by atoms with Crippen molar-refractivity contribution in [3.8, 4) is 17.3 Å².